The van der Waals surface area contributed by atoms with E-state index in [4.69, 9.17) is 5.73 Å². The van der Waals surface area contributed by atoms with E-state index >= 15 is 0 Å². The van der Waals surface area contributed by atoms with Gasteiger partial charge in [0.2, 0.25) is 5.91 Å². The molecule has 0 radical (unpaired) electrons. The van der Waals surface area contributed by atoms with Crippen molar-refractivity contribution in [1.29, 1.82) is 0 Å². The number of aromatic nitrogens is 2. The van der Waals surface area contributed by atoms with Gasteiger partial charge in [-0.05, 0) is 49.8 Å². The zero-order valence-corrected chi connectivity index (χ0v) is 23.6. The van der Waals surface area contributed by atoms with Gasteiger partial charge in [-0.15, -0.1) is 0 Å². The van der Waals surface area contributed by atoms with Gasteiger partial charge in [-0.3, -0.25) is 14.4 Å². The number of nitrogens with zero attached hydrogens (tertiary/aromatic N) is 2. The Balaban J connectivity index is 1.73. The molecule has 0 saturated carbocycles. The van der Waals surface area contributed by atoms with E-state index in [0.717, 1.165) is 24.0 Å². The second-order valence-corrected chi connectivity index (χ2v) is 11.1. The van der Waals surface area contributed by atoms with Gasteiger partial charge in [-0.2, -0.15) is 5.10 Å². The zero-order valence-electron chi connectivity index (χ0n) is 23.6. The number of nitrogens with two attached hydrogens (primary N) is 1. The van der Waals surface area contributed by atoms with E-state index in [0.29, 0.717) is 16.9 Å². The van der Waals surface area contributed by atoms with E-state index in [9.17, 15) is 19.5 Å². The quantitative estimate of drug-likeness (QED) is 0.289. The van der Waals surface area contributed by atoms with Crippen LogP contribution in [0.1, 0.15) is 80.0 Å². The normalized spacial score (nSPS) is 18.1. The Morgan fingerprint density at radius 2 is 1.82 bits per heavy atom. The number of primary amides is 1. The number of nitrogens with one attached hydrogen (secondary N) is 2. The lowest BCUT2D eigenvalue weighted by Gasteiger charge is -2.38. The molecule has 40 heavy (non-hydrogen) atoms. The summed E-state index contributed by atoms with van der Waals surface area (Å²) in [5.41, 5.74) is 6.73. The Hall–Kier alpha value is -3.98. The fourth-order valence-corrected chi connectivity index (χ4v) is 5.53. The minimum atomic E-state index is -1.44. The minimum absolute atomic E-state index is 0.0352. The second-order valence-electron chi connectivity index (χ2n) is 11.1. The maximum absolute atomic E-state index is 14.0. The van der Waals surface area contributed by atoms with Crippen molar-refractivity contribution in [1.82, 2.24) is 15.1 Å². The molecule has 0 fully saturated rings. The van der Waals surface area contributed by atoms with Gasteiger partial charge in [0.05, 0.1) is 30.3 Å². The number of ketones is 1. The van der Waals surface area contributed by atoms with Crippen LogP contribution >= 0.6 is 0 Å². The van der Waals surface area contributed by atoms with Crippen LogP contribution < -0.4 is 16.4 Å². The third-order valence-electron chi connectivity index (χ3n) is 8.05. The van der Waals surface area contributed by atoms with Crippen LogP contribution in [-0.4, -0.2) is 39.1 Å². The first-order valence-corrected chi connectivity index (χ1v) is 13.8. The third kappa shape index (κ3) is 5.51. The van der Waals surface area contributed by atoms with Crippen molar-refractivity contribution < 1.29 is 19.5 Å². The molecule has 2 aromatic carbocycles. The molecule has 1 aliphatic heterocycles. The molecule has 3 atom stereocenters. The Bertz CT molecular complexity index is 1370. The highest BCUT2D eigenvalue weighted by molar-refractivity contribution is 6.03. The molecule has 3 aromatic rings. The average molecular weight is 546 g/mol. The predicted molar refractivity (Wildman–Crippen MR) is 154 cm³/mol. The van der Waals surface area contributed by atoms with Gasteiger partial charge >= 0.3 is 0 Å². The molecule has 0 spiro atoms. The number of carbonyl (C=O) groups excluding carboxylic acids is 3. The van der Waals surface area contributed by atoms with Gasteiger partial charge in [-0.25, -0.2) is 4.68 Å². The van der Waals surface area contributed by atoms with E-state index < -0.39 is 35.7 Å². The van der Waals surface area contributed by atoms with Crippen LogP contribution in [0.15, 0.2) is 60.8 Å². The number of aryl methyl sites for hydroxylation is 1. The number of rotatable bonds is 11. The molecule has 9 heteroatoms. The second kappa shape index (κ2) is 11.6. The Morgan fingerprint density at radius 3 is 2.40 bits per heavy atom. The number of anilines is 1. The SMILES string of the molecule is CCc1ccc(C(CC)(NC(=O)c2cnn3c2N[C@@H](c2ccccc2)CC3(C)C)C(=O)C[C@@H](CO)C(N)=O)cc1. The molecule has 2 heterocycles. The number of Topliss-reactive ketones (excluding diaryl/α,β-unsaturated/α-hetero) is 1. The van der Waals surface area contributed by atoms with Gasteiger partial charge in [0.1, 0.15) is 16.9 Å². The summed E-state index contributed by atoms with van der Waals surface area (Å²) in [7, 11) is 0. The summed E-state index contributed by atoms with van der Waals surface area (Å²) in [6.45, 7) is 7.45. The Morgan fingerprint density at radius 1 is 1.15 bits per heavy atom. The Kier molecular flexibility index (Phi) is 8.44. The molecule has 1 aliphatic rings. The van der Waals surface area contributed by atoms with Gasteiger partial charge in [0.15, 0.2) is 5.78 Å². The van der Waals surface area contributed by atoms with Crippen LogP contribution in [0.3, 0.4) is 0 Å². The van der Waals surface area contributed by atoms with Crippen LogP contribution in [0.4, 0.5) is 5.82 Å². The molecule has 2 amide bonds. The number of aliphatic hydroxyl groups excluding tert-OH is 1. The third-order valence-corrected chi connectivity index (χ3v) is 8.05. The van der Waals surface area contributed by atoms with Crippen molar-refractivity contribution in [2.45, 2.75) is 70.5 Å². The summed E-state index contributed by atoms with van der Waals surface area (Å²) in [6, 6.07) is 17.5. The molecule has 1 unspecified atom stereocenters. The van der Waals surface area contributed by atoms with Gasteiger partial charge in [-0.1, -0.05) is 68.4 Å². The average Bonchev–Trinajstić information content (AvgIpc) is 3.40. The molecule has 1 aromatic heterocycles. The van der Waals surface area contributed by atoms with Crippen molar-refractivity contribution in [3.8, 4) is 0 Å². The smallest absolute Gasteiger partial charge is 0.257 e. The number of aliphatic hydroxyl groups is 1. The maximum Gasteiger partial charge on any atom is 0.257 e. The monoisotopic (exact) mass is 545 g/mol. The number of benzene rings is 2. The molecule has 5 N–H and O–H groups in total. The standard InChI is InChI=1S/C31H39N5O4/c1-5-20-12-14-23(15-13-20)31(6-2,26(38)16-22(19-37)27(32)39)35-29(40)24-18-33-36-28(24)34-25(17-30(36,3)4)21-10-8-7-9-11-21/h7-15,18,22,25,34,37H,5-6,16-17,19H2,1-4H3,(H2,32,39)(H,35,40)/t22-,25+,31?/m0/s1. The lowest BCUT2D eigenvalue weighted by molar-refractivity contribution is -0.132. The molecular weight excluding hydrogens is 506 g/mol. The highest BCUT2D eigenvalue weighted by atomic mass is 16.3. The fraction of sp³-hybridized carbons (Fsp3) is 0.419. The zero-order chi connectivity index (χ0) is 29.1. The molecule has 0 saturated heterocycles. The largest absolute Gasteiger partial charge is 0.396 e. The van der Waals surface area contributed by atoms with Crippen molar-refractivity contribution in [3.05, 3.63) is 83.0 Å². The highest BCUT2D eigenvalue weighted by Gasteiger charge is 2.43. The number of hydrogen-bond donors (Lipinski definition) is 4. The van der Waals surface area contributed by atoms with Crippen LogP contribution in [0.25, 0.3) is 0 Å². The van der Waals surface area contributed by atoms with E-state index in [1.165, 1.54) is 6.20 Å². The van der Waals surface area contributed by atoms with Crippen LogP contribution in [0.5, 0.6) is 0 Å². The van der Waals surface area contributed by atoms with Gasteiger partial charge in [0.25, 0.3) is 5.91 Å². The van der Waals surface area contributed by atoms with Crippen molar-refractivity contribution >= 4 is 23.4 Å². The fourth-order valence-electron chi connectivity index (χ4n) is 5.53. The minimum Gasteiger partial charge on any atom is -0.396 e. The highest BCUT2D eigenvalue weighted by Crippen LogP contribution is 2.40. The van der Waals surface area contributed by atoms with Crippen molar-refractivity contribution in [3.63, 3.8) is 0 Å². The molecule has 4 rings (SSSR count). The predicted octanol–water partition coefficient (Wildman–Crippen LogP) is 3.83. The van der Waals surface area contributed by atoms with Crippen LogP contribution in [0.2, 0.25) is 0 Å². The van der Waals surface area contributed by atoms with E-state index in [1.54, 1.807) is 0 Å². The summed E-state index contributed by atoms with van der Waals surface area (Å²) >= 11 is 0. The lowest BCUT2D eigenvalue weighted by Crippen LogP contribution is -2.52. The first kappa shape index (κ1) is 29.0. The molecule has 0 bridgehead atoms. The van der Waals surface area contributed by atoms with Crippen molar-refractivity contribution in [2.75, 3.05) is 11.9 Å². The van der Waals surface area contributed by atoms with Crippen LogP contribution in [0, 0.1) is 5.92 Å². The number of carbonyl (C=O) groups is 3. The Labute approximate surface area is 235 Å². The van der Waals surface area contributed by atoms with Gasteiger partial charge in [0, 0.05) is 6.42 Å². The summed E-state index contributed by atoms with van der Waals surface area (Å²) in [5.74, 6) is -2.11. The van der Waals surface area contributed by atoms with Gasteiger partial charge < -0.3 is 21.5 Å². The number of fused-ring (bicyclic) bond motifs is 1. The molecule has 9 nitrogen and oxygen atoms in total. The summed E-state index contributed by atoms with van der Waals surface area (Å²) < 4.78 is 1.82. The van der Waals surface area contributed by atoms with Crippen LogP contribution in [-0.2, 0) is 27.1 Å². The summed E-state index contributed by atoms with van der Waals surface area (Å²) in [5, 5.41) is 20.8. The molecule has 0 aliphatic carbocycles. The maximum atomic E-state index is 14.0. The molecule has 212 valence electrons. The first-order chi connectivity index (χ1) is 19.1. The lowest BCUT2D eigenvalue weighted by atomic mass is 9.79. The summed E-state index contributed by atoms with van der Waals surface area (Å²) in [4.78, 5) is 39.8. The van der Waals surface area contributed by atoms with E-state index in [-0.39, 0.29) is 24.4 Å². The summed E-state index contributed by atoms with van der Waals surface area (Å²) in [6.07, 6.45) is 3.04. The van der Waals surface area contributed by atoms with E-state index in [1.807, 2.05) is 61.0 Å². The number of amides is 2. The van der Waals surface area contributed by atoms with Crippen molar-refractivity contribution in [2.24, 2.45) is 11.7 Å². The molecular formula is C31H39N5O4. The first-order valence-electron chi connectivity index (χ1n) is 13.8. The topological polar surface area (TPSA) is 139 Å². The van der Waals surface area contributed by atoms with E-state index in [2.05, 4.69) is 41.7 Å². The number of hydrogen-bond acceptors (Lipinski definition) is 6.